The van der Waals surface area contributed by atoms with Gasteiger partial charge in [-0.25, -0.2) is 14.4 Å². The van der Waals surface area contributed by atoms with E-state index >= 15 is 0 Å². The molecule has 2 amide bonds. The quantitative estimate of drug-likeness (QED) is 0.474. The van der Waals surface area contributed by atoms with Crippen LogP contribution in [-0.2, 0) is 16.0 Å². The van der Waals surface area contributed by atoms with E-state index in [2.05, 4.69) is 20.3 Å². The van der Waals surface area contributed by atoms with Gasteiger partial charge in [-0.2, -0.15) is 0 Å². The van der Waals surface area contributed by atoms with Crippen LogP contribution in [0.25, 0.3) is 16.7 Å². The first kappa shape index (κ1) is 20.9. The van der Waals surface area contributed by atoms with Crippen molar-refractivity contribution in [3.05, 3.63) is 72.8 Å². The van der Waals surface area contributed by atoms with Crippen LogP contribution in [0.3, 0.4) is 0 Å². The van der Waals surface area contributed by atoms with Crippen LogP contribution < -0.4 is 5.32 Å². The van der Waals surface area contributed by atoms with Crippen molar-refractivity contribution in [1.82, 2.24) is 24.4 Å². The zero-order valence-corrected chi connectivity index (χ0v) is 17.9. The maximum Gasteiger partial charge on any atom is 0.247 e. The van der Waals surface area contributed by atoms with E-state index < -0.39 is 11.9 Å². The number of carbonyl (C=O) groups is 2. The number of H-pyrrole nitrogens is 1. The largest absolute Gasteiger partial charge is 0.342 e. The number of benzene rings is 2. The topological polar surface area (TPSA) is 95.9 Å². The predicted molar refractivity (Wildman–Crippen MR) is 121 cm³/mol. The standard InChI is InChI=1S/C24H23FN6O2/c25-16-7-8-20(30-13-11-26-15-30)19(14-16)29-24(33)21-6-3-12-31(21)23(32)10-9-22-27-17-4-1-2-5-18(17)28-22/h1-2,4-5,7-8,11,13-15,21H,3,6,9-10,12H2,(H,27,28)(H,29,33). The van der Waals surface area contributed by atoms with E-state index in [-0.39, 0.29) is 18.2 Å². The van der Waals surface area contributed by atoms with Gasteiger partial charge in [-0.1, -0.05) is 12.1 Å². The Balaban J connectivity index is 1.27. The number of aromatic nitrogens is 4. The second-order valence-electron chi connectivity index (χ2n) is 8.07. The molecule has 0 saturated carbocycles. The van der Waals surface area contributed by atoms with Gasteiger partial charge in [-0.15, -0.1) is 0 Å². The Morgan fingerprint density at radius 3 is 2.91 bits per heavy atom. The number of fused-ring (bicyclic) bond motifs is 1. The van der Waals surface area contributed by atoms with Gasteiger partial charge < -0.3 is 19.8 Å². The minimum Gasteiger partial charge on any atom is -0.342 e. The Hall–Kier alpha value is -4.01. The number of aryl methyl sites for hydroxylation is 1. The summed E-state index contributed by atoms with van der Waals surface area (Å²) < 4.78 is 15.6. The second kappa shape index (κ2) is 8.85. The number of likely N-dealkylation sites (tertiary alicyclic amines) is 1. The molecule has 0 aliphatic carbocycles. The number of aromatic amines is 1. The highest BCUT2D eigenvalue weighted by Crippen LogP contribution is 2.25. The third-order valence-corrected chi connectivity index (χ3v) is 5.89. The van der Waals surface area contributed by atoms with Crippen LogP contribution in [0.1, 0.15) is 25.1 Å². The average Bonchev–Trinajstić information content (AvgIpc) is 3.58. The lowest BCUT2D eigenvalue weighted by atomic mass is 10.1. The van der Waals surface area contributed by atoms with Gasteiger partial charge in [0.1, 0.15) is 17.7 Å². The highest BCUT2D eigenvalue weighted by Gasteiger charge is 2.34. The molecule has 0 bridgehead atoms. The molecule has 1 aliphatic rings. The van der Waals surface area contributed by atoms with Crippen molar-refractivity contribution < 1.29 is 14.0 Å². The molecule has 5 rings (SSSR count). The summed E-state index contributed by atoms with van der Waals surface area (Å²) in [5.74, 6) is -0.132. The molecule has 0 radical (unpaired) electrons. The molecule has 0 spiro atoms. The van der Waals surface area contributed by atoms with Crippen molar-refractivity contribution in [2.45, 2.75) is 31.7 Å². The van der Waals surface area contributed by atoms with E-state index in [1.165, 1.54) is 12.1 Å². The molecule has 1 atom stereocenters. The van der Waals surface area contributed by atoms with Crippen LogP contribution in [0.5, 0.6) is 0 Å². The summed E-state index contributed by atoms with van der Waals surface area (Å²) in [6.45, 7) is 0.522. The zero-order chi connectivity index (χ0) is 22.8. The molecule has 9 heteroatoms. The molecule has 1 fully saturated rings. The van der Waals surface area contributed by atoms with E-state index in [1.54, 1.807) is 34.3 Å². The summed E-state index contributed by atoms with van der Waals surface area (Å²) in [6, 6.07) is 11.3. The molecule has 2 aromatic heterocycles. The number of halogens is 1. The van der Waals surface area contributed by atoms with Gasteiger partial charge in [0, 0.05) is 31.8 Å². The number of rotatable bonds is 6. The van der Waals surface area contributed by atoms with E-state index in [0.29, 0.717) is 30.8 Å². The molecule has 1 aliphatic heterocycles. The van der Waals surface area contributed by atoms with E-state index in [1.807, 2.05) is 24.3 Å². The van der Waals surface area contributed by atoms with E-state index in [9.17, 15) is 14.0 Å². The summed E-state index contributed by atoms with van der Waals surface area (Å²) in [4.78, 5) is 39.4. The molecule has 168 valence electrons. The van der Waals surface area contributed by atoms with Gasteiger partial charge in [0.25, 0.3) is 0 Å². The van der Waals surface area contributed by atoms with Crippen molar-refractivity contribution in [2.75, 3.05) is 11.9 Å². The summed E-state index contributed by atoms with van der Waals surface area (Å²) in [5.41, 5.74) is 2.73. The number of para-hydroxylation sites is 2. The summed E-state index contributed by atoms with van der Waals surface area (Å²) >= 11 is 0. The van der Waals surface area contributed by atoms with Gasteiger partial charge >= 0.3 is 0 Å². The Morgan fingerprint density at radius 2 is 2.09 bits per heavy atom. The molecule has 2 N–H and O–H groups in total. The number of amides is 2. The molecule has 33 heavy (non-hydrogen) atoms. The summed E-state index contributed by atoms with van der Waals surface area (Å²) in [5, 5.41) is 2.82. The first-order valence-corrected chi connectivity index (χ1v) is 10.9. The molecular formula is C24H23FN6O2. The smallest absolute Gasteiger partial charge is 0.247 e. The van der Waals surface area contributed by atoms with Gasteiger partial charge in [0.2, 0.25) is 11.8 Å². The number of anilines is 1. The van der Waals surface area contributed by atoms with Gasteiger partial charge in [0.05, 0.1) is 28.7 Å². The maximum absolute atomic E-state index is 13.9. The van der Waals surface area contributed by atoms with Crippen LogP contribution >= 0.6 is 0 Å². The predicted octanol–water partition coefficient (Wildman–Crippen LogP) is 3.45. The molecule has 8 nitrogen and oxygen atoms in total. The van der Waals surface area contributed by atoms with Gasteiger partial charge in [0.15, 0.2) is 0 Å². The van der Waals surface area contributed by atoms with Crippen molar-refractivity contribution in [3.8, 4) is 5.69 Å². The second-order valence-corrected chi connectivity index (χ2v) is 8.07. The van der Waals surface area contributed by atoms with Crippen LogP contribution in [0.2, 0.25) is 0 Å². The monoisotopic (exact) mass is 446 g/mol. The lowest BCUT2D eigenvalue weighted by Gasteiger charge is -2.24. The van der Waals surface area contributed by atoms with Crippen molar-refractivity contribution in [2.24, 2.45) is 0 Å². The van der Waals surface area contributed by atoms with Crippen LogP contribution in [-0.4, -0.2) is 48.8 Å². The number of imidazole rings is 2. The normalized spacial score (nSPS) is 15.8. The number of nitrogens with zero attached hydrogens (tertiary/aromatic N) is 4. The lowest BCUT2D eigenvalue weighted by Crippen LogP contribution is -2.43. The zero-order valence-electron chi connectivity index (χ0n) is 17.9. The first-order valence-electron chi connectivity index (χ1n) is 10.9. The fourth-order valence-electron chi connectivity index (χ4n) is 4.28. The van der Waals surface area contributed by atoms with Crippen LogP contribution in [0.4, 0.5) is 10.1 Å². The molecule has 2 aromatic carbocycles. The highest BCUT2D eigenvalue weighted by molar-refractivity contribution is 5.99. The summed E-state index contributed by atoms with van der Waals surface area (Å²) in [6.07, 6.45) is 6.92. The highest BCUT2D eigenvalue weighted by atomic mass is 19.1. The fourth-order valence-corrected chi connectivity index (χ4v) is 4.28. The number of nitrogens with one attached hydrogen (secondary N) is 2. The average molecular weight is 446 g/mol. The lowest BCUT2D eigenvalue weighted by molar-refractivity contribution is -0.136. The molecule has 4 aromatic rings. The number of carbonyl (C=O) groups excluding carboxylic acids is 2. The van der Waals surface area contributed by atoms with Gasteiger partial charge in [-0.3, -0.25) is 9.59 Å². The van der Waals surface area contributed by atoms with E-state index in [0.717, 1.165) is 23.3 Å². The third-order valence-electron chi connectivity index (χ3n) is 5.89. The van der Waals surface area contributed by atoms with Crippen molar-refractivity contribution >= 4 is 28.5 Å². The maximum atomic E-state index is 13.9. The SMILES string of the molecule is O=C(Nc1cc(F)ccc1-n1ccnc1)C1CCCN1C(=O)CCc1nc2ccccc2[nH]1. The Kier molecular flexibility index (Phi) is 5.60. The first-order chi connectivity index (χ1) is 16.1. The third kappa shape index (κ3) is 4.34. The number of hydrogen-bond donors (Lipinski definition) is 2. The molecular weight excluding hydrogens is 423 g/mol. The number of hydrogen-bond acceptors (Lipinski definition) is 4. The van der Waals surface area contributed by atoms with Crippen molar-refractivity contribution in [1.29, 1.82) is 0 Å². The minimum absolute atomic E-state index is 0.0952. The molecule has 1 saturated heterocycles. The Morgan fingerprint density at radius 1 is 1.21 bits per heavy atom. The Bertz CT molecular complexity index is 1270. The van der Waals surface area contributed by atoms with Crippen LogP contribution in [0.15, 0.2) is 61.2 Å². The van der Waals surface area contributed by atoms with Crippen LogP contribution in [0, 0.1) is 5.82 Å². The van der Waals surface area contributed by atoms with Crippen molar-refractivity contribution in [3.63, 3.8) is 0 Å². The Labute approximate surface area is 189 Å². The van der Waals surface area contributed by atoms with Gasteiger partial charge in [-0.05, 0) is 43.2 Å². The molecule has 1 unspecified atom stereocenters. The minimum atomic E-state index is -0.591. The van der Waals surface area contributed by atoms with E-state index in [4.69, 9.17) is 0 Å². The fraction of sp³-hybridized carbons (Fsp3) is 0.250. The summed E-state index contributed by atoms with van der Waals surface area (Å²) in [7, 11) is 0. The molecule has 3 heterocycles.